The van der Waals surface area contributed by atoms with E-state index in [4.69, 9.17) is 4.74 Å². The molecule has 1 spiro atoms. The summed E-state index contributed by atoms with van der Waals surface area (Å²) in [5, 5.41) is 23.8. The first-order valence-corrected chi connectivity index (χ1v) is 12.5. The SMILES string of the molecule is O=C(NCc1ccc(F)cc1F)C1=CN2C(=C(O)C1O)C(=O)N(CCP(=O)(O)O)C[C@]21CCOC1. The first kappa shape index (κ1) is 25.3. The van der Waals surface area contributed by atoms with Gasteiger partial charge in [-0.2, -0.15) is 0 Å². The lowest BCUT2D eigenvalue weighted by molar-refractivity contribution is -0.136. The van der Waals surface area contributed by atoms with Crippen LogP contribution in [0.25, 0.3) is 0 Å². The van der Waals surface area contributed by atoms with Crippen LogP contribution in [-0.2, 0) is 25.4 Å². The number of fused-ring (bicyclic) bond motifs is 2. The lowest BCUT2D eigenvalue weighted by Crippen LogP contribution is -2.64. The van der Waals surface area contributed by atoms with Crippen molar-refractivity contribution in [1.29, 1.82) is 0 Å². The molecule has 0 aliphatic carbocycles. The van der Waals surface area contributed by atoms with Crippen LogP contribution < -0.4 is 5.32 Å². The molecule has 5 N–H and O–H groups in total. The third-order valence-electron chi connectivity index (χ3n) is 6.25. The van der Waals surface area contributed by atoms with Gasteiger partial charge in [-0.25, -0.2) is 8.78 Å². The molecule has 3 heterocycles. The predicted octanol–water partition coefficient (Wildman–Crippen LogP) is 0.0900. The predicted molar refractivity (Wildman–Crippen MR) is 115 cm³/mol. The summed E-state index contributed by atoms with van der Waals surface area (Å²) in [5.74, 6) is -4.07. The summed E-state index contributed by atoms with van der Waals surface area (Å²) in [7, 11) is -4.41. The summed E-state index contributed by atoms with van der Waals surface area (Å²) in [6, 6.07) is 2.85. The Kier molecular flexibility index (Phi) is 6.73. The van der Waals surface area contributed by atoms with Gasteiger partial charge in [-0.05, 0) is 12.5 Å². The number of carbonyl (C=O) groups excluding carboxylic acids is 2. The minimum atomic E-state index is -4.41. The summed E-state index contributed by atoms with van der Waals surface area (Å²) < 4.78 is 43.9. The van der Waals surface area contributed by atoms with E-state index in [0.717, 1.165) is 12.1 Å². The lowest BCUT2D eigenvalue weighted by atomic mass is 9.88. The quantitative estimate of drug-likeness (QED) is 0.331. The largest absolute Gasteiger partial charge is 0.507 e. The van der Waals surface area contributed by atoms with Crippen LogP contribution >= 0.6 is 7.60 Å². The fourth-order valence-electron chi connectivity index (χ4n) is 4.38. The average Bonchev–Trinajstić information content (AvgIpc) is 3.25. The third kappa shape index (κ3) is 4.95. The molecule has 4 rings (SSSR count). The molecule has 11 nitrogen and oxygen atoms in total. The smallest absolute Gasteiger partial charge is 0.327 e. The second-order valence-electron chi connectivity index (χ2n) is 8.65. The molecule has 0 bridgehead atoms. The first-order chi connectivity index (χ1) is 16.4. The normalized spacial score (nSPS) is 24.7. The Morgan fingerprint density at radius 2 is 2.06 bits per heavy atom. The van der Waals surface area contributed by atoms with Crippen LogP contribution in [0.5, 0.6) is 0 Å². The minimum Gasteiger partial charge on any atom is -0.507 e. The Morgan fingerprint density at radius 3 is 2.69 bits per heavy atom. The van der Waals surface area contributed by atoms with Gasteiger partial charge in [0.25, 0.3) is 11.8 Å². The number of hydrogen-bond donors (Lipinski definition) is 5. The van der Waals surface area contributed by atoms with Gasteiger partial charge in [-0.15, -0.1) is 0 Å². The van der Waals surface area contributed by atoms with E-state index in [0.29, 0.717) is 19.1 Å². The molecule has 2 atom stereocenters. The maximum absolute atomic E-state index is 13.9. The maximum atomic E-state index is 13.9. The van der Waals surface area contributed by atoms with E-state index in [9.17, 15) is 42.9 Å². The number of rotatable bonds is 6. The van der Waals surface area contributed by atoms with Crippen molar-refractivity contribution in [2.24, 2.45) is 0 Å². The Morgan fingerprint density at radius 1 is 1.31 bits per heavy atom. The van der Waals surface area contributed by atoms with E-state index in [2.05, 4.69) is 5.32 Å². The molecule has 0 saturated carbocycles. The number of nitrogens with one attached hydrogen (secondary N) is 1. The van der Waals surface area contributed by atoms with Gasteiger partial charge >= 0.3 is 7.60 Å². The maximum Gasteiger partial charge on any atom is 0.327 e. The van der Waals surface area contributed by atoms with Crippen molar-refractivity contribution in [3.63, 3.8) is 0 Å². The standard InChI is InChI=1S/C21H24F2N3O8P/c22-13-2-1-12(15(23)7-13)8-24-19(29)14-9-26-16(18(28)17(14)27)20(30)25(4-6-35(31,32)33)10-21(26)3-5-34-11-21/h1-2,7,9,17,27-28H,3-6,8,10-11H2,(H,24,29)(H2,31,32,33)/t17?,21-/m0/s1. The number of hydrogen-bond acceptors (Lipinski definition) is 7. The molecule has 0 radical (unpaired) electrons. The molecule has 190 valence electrons. The summed E-state index contributed by atoms with van der Waals surface area (Å²) in [6.45, 7) is -0.217. The van der Waals surface area contributed by atoms with Crippen LogP contribution in [0.1, 0.15) is 12.0 Å². The van der Waals surface area contributed by atoms with Crippen molar-refractivity contribution < 1.29 is 47.7 Å². The third-order valence-corrected chi connectivity index (χ3v) is 7.03. The van der Waals surface area contributed by atoms with E-state index in [-0.39, 0.29) is 43.1 Å². The highest BCUT2D eigenvalue weighted by molar-refractivity contribution is 7.51. The molecule has 2 amide bonds. The molecule has 3 aliphatic rings. The number of ether oxygens (including phenoxy) is 1. The van der Waals surface area contributed by atoms with E-state index in [1.54, 1.807) is 0 Å². The van der Waals surface area contributed by atoms with Crippen LogP contribution in [0.15, 0.2) is 41.4 Å². The number of amides is 2. The number of carbonyl (C=O) groups is 2. The number of aliphatic hydroxyl groups excluding tert-OH is 2. The molecule has 2 fully saturated rings. The van der Waals surface area contributed by atoms with Gasteiger partial charge in [0.1, 0.15) is 23.4 Å². The number of aliphatic hydroxyl groups is 2. The van der Waals surface area contributed by atoms with Gasteiger partial charge in [-0.3, -0.25) is 14.2 Å². The zero-order chi connectivity index (χ0) is 25.5. The van der Waals surface area contributed by atoms with E-state index < -0.39 is 54.6 Å². The van der Waals surface area contributed by atoms with E-state index in [1.165, 1.54) is 16.0 Å². The van der Waals surface area contributed by atoms with Gasteiger partial charge < -0.3 is 39.9 Å². The van der Waals surface area contributed by atoms with Crippen LogP contribution in [0, 0.1) is 11.6 Å². The summed E-state index contributed by atoms with van der Waals surface area (Å²) in [6.07, 6.45) is -0.880. The molecular formula is C21H24F2N3O8P. The molecule has 35 heavy (non-hydrogen) atoms. The summed E-state index contributed by atoms with van der Waals surface area (Å²) >= 11 is 0. The van der Waals surface area contributed by atoms with Crippen molar-refractivity contribution in [2.75, 3.05) is 32.5 Å². The second kappa shape index (κ2) is 9.32. The van der Waals surface area contributed by atoms with Crippen molar-refractivity contribution in [3.8, 4) is 0 Å². The van der Waals surface area contributed by atoms with Crippen LogP contribution in [0.3, 0.4) is 0 Å². The van der Waals surface area contributed by atoms with Crippen molar-refractivity contribution in [2.45, 2.75) is 24.6 Å². The Hall–Kier alpha value is -2.83. The van der Waals surface area contributed by atoms with Crippen LogP contribution in [0.4, 0.5) is 8.78 Å². The molecule has 14 heteroatoms. The Balaban J connectivity index is 1.60. The summed E-state index contributed by atoms with van der Waals surface area (Å²) in [4.78, 5) is 46.9. The molecular weight excluding hydrogens is 491 g/mol. The molecule has 0 aromatic heterocycles. The van der Waals surface area contributed by atoms with Crippen molar-refractivity contribution in [3.05, 3.63) is 58.6 Å². The van der Waals surface area contributed by atoms with Crippen LogP contribution in [-0.4, -0.2) is 85.7 Å². The average molecular weight is 515 g/mol. The molecule has 1 unspecified atom stereocenters. The lowest BCUT2D eigenvalue weighted by Gasteiger charge is -2.50. The monoisotopic (exact) mass is 515 g/mol. The summed E-state index contributed by atoms with van der Waals surface area (Å²) in [5.41, 5.74) is -1.57. The first-order valence-electron chi connectivity index (χ1n) is 10.7. The number of benzene rings is 1. The molecule has 3 aliphatic heterocycles. The number of nitrogens with zero attached hydrogens (tertiary/aromatic N) is 2. The number of piperazine rings is 1. The highest BCUT2D eigenvalue weighted by atomic mass is 31.2. The zero-order valence-corrected chi connectivity index (χ0v) is 19.3. The Labute approximate surface area is 198 Å². The fourth-order valence-corrected chi connectivity index (χ4v) is 4.88. The molecule has 1 aromatic carbocycles. The van der Waals surface area contributed by atoms with Crippen molar-refractivity contribution >= 4 is 19.4 Å². The van der Waals surface area contributed by atoms with Crippen LogP contribution in [0.2, 0.25) is 0 Å². The van der Waals surface area contributed by atoms with Gasteiger partial charge in [0.15, 0.2) is 5.76 Å². The van der Waals surface area contributed by atoms with Crippen molar-refractivity contribution in [1.82, 2.24) is 15.1 Å². The fraction of sp³-hybridized carbons (Fsp3) is 0.429. The molecule has 2 saturated heterocycles. The Bertz CT molecular complexity index is 1160. The topological polar surface area (TPSA) is 160 Å². The second-order valence-corrected chi connectivity index (χ2v) is 10.4. The van der Waals surface area contributed by atoms with Gasteiger partial charge in [-0.1, -0.05) is 6.07 Å². The highest BCUT2D eigenvalue weighted by Crippen LogP contribution is 2.41. The van der Waals surface area contributed by atoms with Gasteiger partial charge in [0.05, 0.1) is 23.9 Å². The zero-order valence-electron chi connectivity index (χ0n) is 18.4. The highest BCUT2D eigenvalue weighted by Gasteiger charge is 2.53. The molecule has 1 aromatic rings. The van der Waals surface area contributed by atoms with Gasteiger partial charge in [0.2, 0.25) is 0 Å². The number of halogens is 2. The van der Waals surface area contributed by atoms with E-state index >= 15 is 0 Å². The minimum absolute atomic E-state index is 0.000568. The van der Waals surface area contributed by atoms with E-state index in [1.807, 2.05) is 0 Å². The van der Waals surface area contributed by atoms with Gasteiger partial charge in [0, 0.05) is 44.1 Å².